The molecule has 0 bridgehead atoms. The number of rotatable bonds is 4. The van der Waals surface area contributed by atoms with E-state index in [2.05, 4.69) is 10.0 Å². The topological polar surface area (TPSA) is 78.5 Å². The summed E-state index contributed by atoms with van der Waals surface area (Å²) >= 11 is 0. The maximum atomic E-state index is 12.2. The van der Waals surface area contributed by atoms with Gasteiger partial charge in [0.15, 0.2) is 0 Å². The smallest absolute Gasteiger partial charge is 0.321 e. The van der Waals surface area contributed by atoms with Crippen LogP contribution in [0.4, 0.5) is 10.5 Å². The molecule has 22 heavy (non-hydrogen) atoms. The van der Waals surface area contributed by atoms with Crippen LogP contribution < -0.4 is 10.0 Å². The second-order valence-corrected chi connectivity index (χ2v) is 7.12. The zero-order valence-corrected chi connectivity index (χ0v) is 13.7. The van der Waals surface area contributed by atoms with Crippen molar-refractivity contribution in [2.45, 2.75) is 37.5 Å². The van der Waals surface area contributed by atoms with E-state index in [1.807, 2.05) is 4.90 Å². The molecule has 0 radical (unpaired) electrons. The quantitative estimate of drug-likeness (QED) is 0.892. The second-order valence-electron chi connectivity index (χ2n) is 5.36. The lowest BCUT2D eigenvalue weighted by atomic mass is 10.2. The highest BCUT2D eigenvalue weighted by molar-refractivity contribution is 7.89. The van der Waals surface area contributed by atoms with E-state index in [1.54, 1.807) is 19.1 Å². The van der Waals surface area contributed by atoms with E-state index in [1.165, 1.54) is 25.0 Å². The van der Waals surface area contributed by atoms with Gasteiger partial charge in [-0.3, -0.25) is 0 Å². The number of carbonyl (C=O) groups excluding carboxylic acids is 1. The molecule has 2 amide bonds. The zero-order valence-electron chi connectivity index (χ0n) is 12.8. The lowest BCUT2D eigenvalue weighted by Crippen LogP contribution is -2.35. The van der Waals surface area contributed by atoms with Crippen molar-refractivity contribution in [2.75, 3.05) is 25.0 Å². The molecule has 2 N–H and O–H groups in total. The predicted octanol–water partition coefficient (Wildman–Crippen LogP) is 2.39. The summed E-state index contributed by atoms with van der Waals surface area (Å²) < 4.78 is 26.1. The molecule has 6 nitrogen and oxygen atoms in total. The van der Waals surface area contributed by atoms with Gasteiger partial charge in [-0.25, -0.2) is 17.9 Å². The van der Waals surface area contributed by atoms with Gasteiger partial charge in [0, 0.05) is 25.3 Å². The van der Waals surface area contributed by atoms with Gasteiger partial charge in [-0.15, -0.1) is 0 Å². The Hall–Kier alpha value is -1.60. The largest absolute Gasteiger partial charge is 0.325 e. The minimum absolute atomic E-state index is 0.121. The van der Waals surface area contributed by atoms with Gasteiger partial charge >= 0.3 is 6.03 Å². The van der Waals surface area contributed by atoms with Crippen molar-refractivity contribution in [3.05, 3.63) is 24.3 Å². The standard InChI is InChI=1S/C15H23N3O3S/c1-2-16-22(20,21)14-9-7-13(8-10-14)17-15(19)18-11-5-3-4-6-12-18/h7-10,16H,2-6,11-12H2,1H3,(H,17,19). The number of likely N-dealkylation sites (tertiary alicyclic amines) is 1. The summed E-state index contributed by atoms with van der Waals surface area (Å²) in [4.78, 5) is 14.2. The van der Waals surface area contributed by atoms with Crippen LogP contribution in [-0.2, 0) is 10.0 Å². The Bertz CT molecular complexity index is 591. The van der Waals surface area contributed by atoms with Gasteiger partial charge < -0.3 is 10.2 Å². The Labute approximate surface area is 131 Å². The average Bonchev–Trinajstić information content (AvgIpc) is 2.77. The SMILES string of the molecule is CCNS(=O)(=O)c1ccc(NC(=O)N2CCCCCC2)cc1. The molecule has 0 aliphatic carbocycles. The van der Waals surface area contributed by atoms with Crippen molar-refractivity contribution in [2.24, 2.45) is 0 Å². The molecule has 1 fully saturated rings. The first kappa shape index (κ1) is 16.8. The molecular weight excluding hydrogens is 302 g/mol. The number of benzene rings is 1. The van der Waals surface area contributed by atoms with Crippen molar-refractivity contribution in [3.8, 4) is 0 Å². The van der Waals surface area contributed by atoms with E-state index in [0.717, 1.165) is 25.9 Å². The molecule has 1 aromatic rings. The molecule has 0 aromatic heterocycles. The van der Waals surface area contributed by atoms with E-state index in [9.17, 15) is 13.2 Å². The number of sulfonamides is 1. The van der Waals surface area contributed by atoms with Crippen molar-refractivity contribution < 1.29 is 13.2 Å². The van der Waals surface area contributed by atoms with Crippen LogP contribution in [0.5, 0.6) is 0 Å². The molecule has 0 unspecified atom stereocenters. The van der Waals surface area contributed by atoms with E-state index < -0.39 is 10.0 Å². The van der Waals surface area contributed by atoms with Crippen LogP contribution in [0.3, 0.4) is 0 Å². The van der Waals surface area contributed by atoms with Crippen LogP contribution in [0, 0.1) is 0 Å². The summed E-state index contributed by atoms with van der Waals surface area (Å²) in [7, 11) is -3.45. The minimum atomic E-state index is -3.45. The summed E-state index contributed by atoms with van der Waals surface area (Å²) in [6, 6.07) is 6.09. The van der Waals surface area contributed by atoms with Gasteiger partial charge in [-0.1, -0.05) is 19.8 Å². The summed E-state index contributed by atoms with van der Waals surface area (Å²) in [5.74, 6) is 0. The third-order valence-electron chi connectivity index (χ3n) is 3.64. The number of amides is 2. The molecule has 7 heteroatoms. The number of hydrogen-bond donors (Lipinski definition) is 2. The Morgan fingerprint density at radius 3 is 2.23 bits per heavy atom. The van der Waals surface area contributed by atoms with Crippen LogP contribution >= 0.6 is 0 Å². The number of nitrogens with zero attached hydrogens (tertiary/aromatic N) is 1. The van der Waals surface area contributed by atoms with Crippen molar-refractivity contribution in [1.82, 2.24) is 9.62 Å². The van der Waals surface area contributed by atoms with Crippen LogP contribution in [-0.4, -0.2) is 39.0 Å². The first-order valence-electron chi connectivity index (χ1n) is 7.68. The maximum Gasteiger partial charge on any atom is 0.321 e. The number of nitrogens with one attached hydrogen (secondary N) is 2. The minimum Gasteiger partial charge on any atom is -0.325 e. The summed E-state index contributed by atoms with van der Waals surface area (Å²) in [5, 5.41) is 2.82. The fourth-order valence-corrected chi connectivity index (χ4v) is 3.51. The van der Waals surface area contributed by atoms with Gasteiger partial charge in [0.2, 0.25) is 10.0 Å². The molecular formula is C15H23N3O3S. The molecule has 1 saturated heterocycles. The van der Waals surface area contributed by atoms with Crippen molar-refractivity contribution in [3.63, 3.8) is 0 Å². The highest BCUT2D eigenvalue weighted by atomic mass is 32.2. The molecule has 0 saturated carbocycles. The zero-order chi connectivity index (χ0) is 16.0. The van der Waals surface area contributed by atoms with Crippen LogP contribution in [0.15, 0.2) is 29.2 Å². The van der Waals surface area contributed by atoms with Crippen molar-refractivity contribution >= 4 is 21.7 Å². The van der Waals surface area contributed by atoms with Crippen molar-refractivity contribution in [1.29, 1.82) is 0 Å². The first-order chi connectivity index (χ1) is 10.5. The Kier molecular flexibility index (Phi) is 5.79. The highest BCUT2D eigenvalue weighted by Gasteiger charge is 2.16. The summed E-state index contributed by atoms with van der Waals surface area (Å²) in [6.45, 7) is 3.63. The van der Waals surface area contributed by atoms with Crippen LogP contribution in [0.1, 0.15) is 32.6 Å². The molecule has 122 valence electrons. The van der Waals surface area contributed by atoms with Gasteiger partial charge in [-0.05, 0) is 37.1 Å². The number of hydrogen-bond acceptors (Lipinski definition) is 3. The molecule has 1 aromatic carbocycles. The third-order valence-corrected chi connectivity index (χ3v) is 5.21. The van der Waals surface area contributed by atoms with E-state index in [-0.39, 0.29) is 10.9 Å². The maximum absolute atomic E-state index is 12.2. The monoisotopic (exact) mass is 325 g/mol. The number of urea groups is 1. The molecule has 0 atom stereocenters. The van der Waals surface area contributed by atoms with E-state index >= 15 is 0 Å². The van der Waals surface area contributed by atoms with Gasteiger partial charge in [-0.2, -0.15) is 0 Å². The normalized spacial score (nSPS) is 16.1. The number of carbonyl (C=O) groups is 1. The highest BCUT2D eigenvalue weighted by Crippen LogP contribution is 2.16. The Balaban J connectivity index is 2.00. The average molecular weight is 325 g/mol. The molecule has 1 heterocycles. The summed E-state index contributed by atoms with van der Waals surface area (Å²) in [6.07, 6.45) is 4.40. The molecule has 1 aliphatic heterocycles. The first-order valence-corrected chi connectivity index (χ1v) is 9.17. The third kappa shape index (κ3) is 4.45. The fourth-order valence-electron chi connectivity index (χ4n) is 2.47. The Morgan fingerprint density at radius 1 is 1.09 bits per heavy atom. The number of anilines is 1. The van der Waals surface area contributed by atoms with E-state index in [0.29, 0.717) is 12.2 Å². The van der Waals surface area contributed by atoms with Crippen LogP contribution in [0.2, 0.25) is 0 Å². The molecule has 1 aliphatic rings. The predicted molar refractivity (Wildman–Crippen MR) is 86.4 cm³/mol. The Morgan fingerprint density at radius 2 is 1.68 bits per heavy atom. The molecule has 2 rings (SSSR count). The van der Waals surface area contributed by atoms with E-state index in [4.69, 9.17) is 0 Å². The van der Waals surface area contributed by atoms with Gasteiger partial charge in [0.05, 0.1) is 4.90 Å². The lowest BCUT2D eigenvalue weighted by molar-refractivity contribution is 0.214. The second kappa shape index (κ2) is 7.60. The summed E-state index contributed by atoms with van der Waals surface area (Å²) in [5.41, 5.74) is 0.602. The van der Waals surface area contributed by atoms with Gasteiger partial charge in [0.25, 0.3) is 0 Å². The van der Waals surface area contributed by atoms with Crippen LogP contribution in [0.25, 0.3) is 0 Å². The lowest BCUT2D eigenvalue weighted by Gasteiger charge is -2.20. The fraction of sp³-hybridized carbons (Fsp3) is 0.533. The van der Waals surface area contributed by atoms with Gasteiger partial charge in [0.1, 0.15) is 0 Å². The molecule has 0 spiro atoms.